The van der Waals surface area contributed by atoms with E-state index < -0.39 is 35.9 Å². The number of hydrogen-bond donors (Lipinski definition) is 2. The number of aryl methyl sites for hydroxylation is 1. The van der Waals surface area contributed by atoms with Crippen LogP contribution >= 0.6 is 11.3 Å². The minimum Gasteiger partial charge on any atom is -0.465 e. The highest BCUT2D eigenvalue weighted by atomic mass is 32.1. The molecule has 4 amide bonds. The highest BCUT2D eigenvalue weighted by Gasteiger charge is 2.49. The van der Waals surface area contributed by atoms with E-state index in [2.05, 4.69) is 24.5 Å². The van der Waals surface area contributed by atoms with Gasteiger partial charge in [-0.2, -0.15) is 0 Å². The maximum atomic E-state index is 13.2. The molecule has 2 heterocycles. The summed E-state index contributed by atoms with van der Waals surface area (Å²) < 4.78 is 4.96. The first-order chi connectivity index (χ1) is 16.7. The number of methoxy groups -OCH3 is 1. The Labute approximate surface area is 209 Å². The number of fused-ring (bicyclic) bond motifs is 1. The van der Waals surface area contributed by atoms with Gasteiger partial charge in [-0.1, -0.05) is 44.5 Å². The van der Waals surface area contributed by atoms with E-state index in [9.17, 15) is 19.2 Å². The SMILES string of the molecule is CCCc1ccc(C2(C)NC(=O)N(CC(=O)Nc3sc4c(c3C(=O)OC)CCC(C)C4)C2=O)cc1. The van der Waals surface area contributed by atoms with Gasteiger partial charge in [0.15, 0.2) is 0 Å². The van der Waals surface area contributed by atoms with Gasteiger partial charge in [-0.15, -0.1) is 11.3 Å². The van der Waals surface area contributed by atoms with E-state index in [1.807, 2.05) is 24.3 Å². The molecule has 1 aromatic carbocycles. The summed E-state index contributed by atoms with van der Waals surface area (Å²) in [6.07, 6.45) is 4.49. The zero-order valence-corrected chi connectivity index (χ0v) is 21.3. The van der Waals surface area contributed by atoms with Gasteiger partial charge in [0.25, 0.3) is 5.91 Å². The second-order valence-corrected chi connectivity index (χ2v) is 10.6. The zero-order chi connectivity index (χ0) is 25.3. The van der Waals surface area contributed by atoms with Crippen molar-refractivity contribution in [2.75, 3.05) is 19.0 Å². The lowest BCUT2D eigenvalue weighted by molar-refractivity contribution is -0.133. The Bertz CT molecular complexity index is 1170. The molecular weight excluding hydrogens is 466 g/mol. The average Bonchev–Trinajstić information content (AvgIpc) is 3.28. The normalized spacial score (nSPS) is 21.5. The van der Waals surface area contributed by atoms with Gasteiger partial charge in [0, 0.05) is 4.88 Å². The summed E-state index contributed by atoms with van der Waals surface area (Å²) in [5.74, 6) is -1.04. The molecule has 1 aliphatic heterocycles. The summed E-state index contributed by atoms with van der Waals surface area (Å²) in [7, 11) is 1.31. The van der Waals surface area contributed by atoms with Crippen LogP contribution in [-0.4, -0.2) is 42.4 Å². The number of benzene rings is 1. The predicted octanol–water partition coefficient (Wildman–Crippen LogP) is 4.02. The molecule has 2 aliphatic rings. The number of anilines is 1. The van der Waals surface area contributed by atoms with Crippen molar-refractivity contribution >= 4 is 40.2 Å². The molecule has 0 bridgehead atoms. The van der Waals surface area contributed by atoms with Crippen molar-refractivity contribution in [2.24, 2.45) is 5.92 Å². The molecule has 4 rings (SSSR count). The Kier molecular flexibility index (Phi) is 6.98. The monoisotopic (exact) mass is 497 g/mol. The Hall–Kier alpha value is -3.20. The topological polar surface area (TPSA) is 105 Å². The molecule has 1 aromatic heterocycles. The summed E-state index contributed by atoms with van der Waals surface area (Å²) >= 11 is 1.36. The third kappa shape index (κ3) is 4.69. The van der Waals surface area contributed by atoms with Crippen molar-refractivity contribution in [3.05, 3.63) is 51.4 Å². The number of ether oxygens (including phenoxy) is 1. The first-order valence-electron chi connectivity index (χ1n) is 11.9. The summed E-state index contributed by atoms with van der Waals surface area (Å²) in [5, 5.41) is 5.90. The number of carbonyl (C=O) groups is 4. The molecule has 186 valence electrons. The highest BCUT2D eigenvalue weighted by molar-refractivity contribution is 7.17. The van der Waals surface area contributed by atoms with Crippen LogP contribution < -0.4 is 10.6 Å². The van der Waals surface area contributed by atoms with Gasteiger partial charge in [-0.3, -0.25) is 14.5 Å². The standard InChI is InChI=1S/C26H31N3O5S/c1-5-6-16-8-10-17(11-9-16)26(3)24(32)29(25(33)28-26)14-20(30)27-22-21(23(31)34-4)18-12-7-15(2)13-19(18)35-22/h8-11,15H,5-7,12-14H2,1-4H3,(H,27,30)(H,28,33). The lowest BCUT2D eigenvalue weighted by Crippen LogP contribution is -2.42. The molecule has 1 saturated heterocycles. The Morgan fingerprint density at radius 2 is 1.97 bits per heavy atom. The Morgan fingerprint density at radius 3 is 2.63 bits per heavy atom. The minimum absolute atomic E-state index is 0.377. The number of amides is 4. The lowest BCUT2D eigenvalue weighted by atomic mass is 9.88. The van der Waals surface area contributed by atoms with Crippen molar-refractivity contribution < 1.29 is 23.9 Å². The van der Waals surface area contributed by atoms with Crippen molar-refractivity contribution in [1.29, 1.82) is 0 Å². The molecule has 2 atom stereocenters. The number of rotatable bonds is 7. The average molecular weight is 498 g/mol. The number of thiophene rings is 1. The van der Waals surface area contributed by atoms with Gasteiger partial charge >= 0.3 is 12.0 Å². The third-order valence-electron chi connectivity index (χ3n) is 6.80. The van der Waals surface area contributed by atoms with E-state index in [0.717, 1.165) is 53.0 Å². The van der Waals surface area contributed by atoms with E-state index >= 15 is 0 Å². The van der Waals surface area contributed by atoms with Crippen LogP contribution in [0.3, 0.4) is 0 Å². The molecule has 1 fully saturated rings. The fourth-order valence-electron chi connectivity index (χ4n) is 4.80. The molecule has 2 aromatic rings. The molecule has 35 heavy (non-hydrogen) atoms. The van der Waals surface area contributed by atoms with Gasteiger partial charge < -0.3 is 15.4 Å². The Balaban J connectivity index is 1.51. The van der Waals surface area contributed by atoms with Crippen LogP contribution in [0.5, 0.6) is 0 Å². The molecule has 8 nitrogen and oxygen atoms in total. The fourth-order valence-corrected chi connectivity index (χ4v) is 6.21. The summed E-state index contributed by atoms with van der Waals surface area (Å²) in [5.41, 5.74) is 1.86. The van der Waals surface area contributed by atoms with Crippen molar-refractivity contribution in [1.82, 2.24) is 10.2 Å². The van der Waals surface area contributed by atoms with Gasteiger partial charge in [-0.05, 0) is 55.2 Å². The molecule has 2 unspecified atom stereocenters. The van der Waals surface area contributed by atoms with Gasteiger partial charge in [0.05, 0.1) is 12.7 Å². The van der Waals surface area contributed by atoms with Gasteiger partial charge in [-0.25, -0.2) is 9.59 Å². The quantitative estimate of drug-likeness (QED) is 0.444. The number of hydrogen-bond acceptors (Lipinski definition) is 6. The van der Waals surface area contributed by atoms with Crippen LogP contribution in [-0.2, 0) is 39.1 Å². The van der Waals surface area contributed by atoms with Crippen LogP contribution in [0.25, 0.3) is 0 Å². The van der Waals surface area contributed by atoms with Crippen LogP contribution in [0.2, 0.25) is 0 Å². The van der Waals surface area contributed by atoms with Crippen LogP contribution in [0.15, 0.2) is 24.3 Å². The summed E-state index contributed by atoms with van der Waals surface area (Å²) in [4.78, 5) is 53.3. The zero-order valence-electron chi connectivity index (χ0n) is 20.5. The first kappa shape index (κ1) is 24.9. The smallest absolute Gasteiger partial charge is 0.341 e. The van der Waals surface area contributed by atoms with E-state index in [4.69, 9.17) is 4.74 Å². The van der Waals surface area contributed by atoms with E-state index in [1.165, 1.54) is 18.4 Å². The lowest BCUT2D eigenvalue weighted by Gasteiger charge is -2.22. The maximum Gasteiger partial charge on any atom is 0.341 e. The second kappa shape index (κ2) is 9.81. The predicted molar refractivity (Wildman–Crippen MR) is 134 cm³/mol. The number of carbonyl (C=O) groups excluding carboxylic acids is 4. The first-order valence-corrected chi connectivity index (χ1v) is 12.8. The number of esters is 1. The minimum atomic E-state index is -1.25. The molecule has 0 saturated carbocycles. The molecular formula is C26H31N3O5S. The Morgan fingerprint density at radius 1 is 1.26 bits per heavy atom. The van der Waals surface area contributed by atoms with Crippen molar-refractivity contribution in [3.8, 4) is 0 Å². The number of nitrogens with one attached hydrogen (secondary N) is 2. The second-order valence-electron chi connectivity index (χ2n) is 9.49. The van der Waals surface area contributed by atoms with E-state index in [0.29, 0.717) is 22.0 Å². The fraction of sp³-hybridized carbons (Fsp3) is 0.462. The van der Waals surface area contributed by atoms with Gasteiger partial charge in [0.2, 0.25) is 5.91 Å². The van der Waals surface area contributed by atoms with E-state index in [-0.39, 0.29) is 0 Å². The summed E-state index contributed by atoms with van der Waals surface area (Å²) in [6.45, 7) is 5.45. The maximum absolute atomic E-state index is 13.2. The van der Waals surface area contributed by atoms with Crippen molar-refractivity contribution in [2.45, 2.75) is 58.4 Å². The molecule has 2 N–H and O–H groups in total. The van der Waals surface area contributed by atoms with Crippen molar-refractivity contribution in [3.63, 3.8) is 0 Å². The van der Waals surface area contributed by atoms with Crippen LogP contribution in [0.4, 0.5) is 9.80 Å². The van der Waals surface area contributed by atoms with E-state index in [1.54, 1.807) is 6.92 Å². The highest BCUT2D eigenvalue weighted by Crippen LogP contribution is 2.40. The van der Waals surface area contributed by atoms with Crippen LogP contribution in [0, 0.1) is 5.92 Å². The largest absolute Gasteiger partial charge is 0.465 e. The molecule has 9 heteroatoms. The molecule has 1 aliphatic carbocycles. The van der Waals surface area contributed by atoms with Crippen LogP contribution in [0.1, 0.15) is 65.5 Å². The molecule has 0 spiro atoms. The molecule has 0 radical (unpaired) electrons. The third-order valence-corrected chi connectivity index (χ3v) is 7.97. The number of imide groups is 1. The summed E-state index contributed by atoms with van der Waals surface area (Å²) in [6, 6.07) is 6.95. The number of urea groups is 1. The van der Waals surface area contributed by atoms with Gasteiger partial charge in [0.1, 0.15) is 17.1 Å². The number of nitrogens with zero attached hydrogens (tertiary/aromatic N) is 1.